The summed E-state index contributed by atoms with van der Waals surface area (Å²) in [5, 5.41) is 7.55. The van der Waals surface area contributed by atoms with Gasteiger partial charge in [-0.2, -0.15) is 5.10 Å². The van der Waals surface area contributed by atoms with Gasteiger partial charge in [0.05, 0.1) is 25.9 Å². The lowest BCUT2D eigenvalue weighted by atomic mass is 9.95. The zero-order valence-corrected chi connectivity index (χ0v) is 17.8. The van der Waals surface area contributed by atoms with Gasteiger partial charge in [0.25, 0.3) is 11.8 Å². The lowest BCUT2D eigenvalue weighted by molar-refractivity contribution is 0.0298. The fourth-order valence-electron chi connectivity index (χ4n) is 3.85. The second kappa shape index (κ2) is 8.57. The number of methoxy groups -OCH3 is 1. The van der Waals surface area contributed by atoms with Crippen molar-refractivity contribution in [2.45, 2.75) is 25.7 Å². The predicted octanol–water partition coefficient (Wildman–Crippen LogP) is 1.87. The van der Waals surface area contributed by atoms with Crippen molar-refractivity contribution in [3.8, 4) is 0 Å². The molecule has 3 heterocycles. The monoisotopic (exact) mass is 432 g/mol. The van der Waals surface area contributed by atoms with E-state index in [1.165, 1.54) is 29.2 Å². The summed E-state index contributed by atoms with van der Waals surface area (Å²) >= 11 is 1.42. The summed E-state index contributed by atoms with van der Waals surface area (Å²) in [4.78, 5) is 40.8. The number of fused-ring (bicyclic) bond motifs is 1. The summed E-state index contributed by atoms with van der Waals surface area (Å²) in [7, 11) is 2.96. The van der Waals surface area contributed by atoms with E-state index in [4.69, 9.17) is 9.47 Å². The van der Waals surface area contributed by atoms with E-state index in [1.54, 1.807) is 11.9 Å². The van der Waals surface area contributed by atoms with Crippen molar-refractivity contribution in [2.75, 3.05) is 38.7 Å². The molecule has 4 rings (SSSR count). The van der Waals surface area contributed by atoms with Crippen LogP contribution >= 0.6 is 11.3 Å². The van der Waals surface area contributed by atoms with Crippen molar-refractivity contribution in [3.05, 3.63) is 33.5 Å². The Morgan fingerprint density at radius 1 is 1.20 bits per heavy atom. The predicted molar refractivity (Wildman–Crippen MR) is 110 cm³/mol. The minimum absolute atomic E-state index is 0.211. The number of amides is 2. The Hall–Kier alpha value is -2.72. The molecule has 1 aliphatic carbocycles. The number of nitrogens with one attached hydrogen (secondary N) is 1. The molecule has 1 saturated heterocycles. The normalized spacial score (nSPS) is 16.1. The first-order valence-electron chi connectivity index (χ1n) is 9.95. The van der Waals surface area contributed by atoms with E-state index in [-0.39, 0.29) is 17.3 Å². The van der Waals surface area contributed by atoms with Crippen LogP contribution in [0.4, 0.5) is 5.00 Å². The van der Waals surface area contributed by atoms with Crippen LogP contribution in [0.2, 0.25) is 0 Å². The average Bonchev–Trinajstić information content (AvgIpc) is 3.33. The molecule has 0 aromatic carbocycles. The number of hydrogen-bond acceptors (Lipinski definition) is 7. The van der Waals surface area contributed by atoms with Crippen LogP contribution in [-0.4, -0.2) is 65.9 Å². The molecule has 2 aromatic heterocycles. The second-order valence-electron chi connectivity index (χ2n) is 7.30. The van der Waals surface area contributed by atoms with Gasteiger partial charge in [-0.25, -0.2) is 4.79 Å². The smallest absolute Gasteiger partial charge is 0.341 e. The Balaban J connectivity index is 1.57. The number of aromatic nitrogens is 2. The third-order valence-corrected chi connectivity index (χ3v) is 6.62. The molecule has 2 amide bonds. The van der Waals surface area contributed by atoms with Crippen LogP contribution in [-0.2, 0) is 29.4 Å². The molecule has 9 nitrogen and oxygen atoms in total. The van der Waals surface area contributed by atoms with Crippen LogP contribution < -0.4 is 5.32 Å². The van der Waals surface area contributed by atoms with Crippen LogP contribution in [0.5, 0.6) is 0 Å². The molecule has 160 valence electrons. The van der Waals surface area contributed by atoms with Gasteiger partial charge in [0.2, 0.25) is 0 Å². The average molecular weight is 433 g/mol. The Kier molecular flexibility index (Phi) is 5.87. The van der Waals surface area contributed by atoms with Crippen LogP contribution in [0.1, 0.15) is 54.6 Å². The molecule has 0 saturated carbocycles. The maximum atomic E-state index is 13.0. The molecule has 10 heteroatoms. The molecule has 0 atom stereocenters. The molecular formula is C20H24N4O5S. The number of nitrogens with zero attached hydrogens (tertiary/aromatic N) is 3. The summed E-state index contributed by atoms with van der Waals surface area (Å²) in [6, 6.07) is 1.48. The molecule has 0 bridgehead atoms. The second-order valence-corrected chi connectivity index (χ2v) is 8.41. The van der Waals surface area contributed by atoms with E-state index in [2.05, 4.69) is 10.4 Å². The lowest BCUT2D eigenvalue weighted by Crippen LogP contribution is -2.40. The van der Waals surface area contributed by atoms with Crippen LogP contribution in [0.3, 0.4) is 0 Å². The Morgan fingerprint density at radius 3 is 2.67 bits per heavy atom. The first-order chi connectivity index (χ1) is 14.5. The maximum absolute atomic E-state index is 13.0. The summed E-state index contributed by atoms with van der Waals surface area (Å²) in [5.41, 5.74) is 1.87. The Morgan fingerprint density at radius 2 is 1.93 bits per heavy atom. The summed E-state index contributed by atoms with van der Waals surface area (Å²) in [5.74, 6) is -1.09. The maximum Gasteiger partial charge on any atom is 0.341 e. The minimum Gasteiger partial charge on any atom is -0.465 e. The van der Waals surface area contributed by atoms with Gasteiger partial charge < -0.3 is 19.7 Å². The third-order valence-electron chi connectivity index (χ3n) is 5.42. The number of anilines is 1. The Labute approximate surface area is 177 Å². The standard InChI is InChI=1S/C20H24N4O5S/c1-23-14(11-13(22-23)19(26)24-7-9-29-10-8-24)17(25)21-18-16(20(27)28-2)12-5-3-4-6-15(12)30-18/h11H,3-10H2,1-2H3,(H,21,25). The summed E-state index contributed by atoms with van der Waals surface area (Å²) < 4.78 is 11.6. The molecule has 0 radical (unpaired) electrons. The van der Waals surface area contributed by atoms with Gasteiger partial charge in [-0.3, -0.25) is 14.3 Å². The van der Waals surface area contributed by atoms with E-state index >= 15 is 0 Å². The van der Waals surface area contributed by atoms with E-state index < -0.39 is 11.9 Å². The minimum atomic E-state index is -0.446. The van der Waals surface area contributed by atoms with Gasteiger partial charge >= 0.3 is 5.97 Å². The first-order valence-corrected chi connectivity index (χ1v) is 10.8. The number of hydrogen-bond donors (Lipinski definition) is 1. The molecule has 0 unspecified atom stereocenters. The van der Waals surface area contributed by atoms with Gasteiger partial charge in [0.1, 0.15) is 10.7 Å². The number of carbonyl (C=O) groups excluding carboxylic acids is 3. The van der Waals surface area contributed by atoms with Crippen LogP contribution in [0.15, 0.2) is 6.07 Å². The van der Waals surface area contributed by atoms with Crippen molar-refractivity contribution < 1.29 is 23.9 Å². The van der Waals surface area contributed by atoms with Gasteiger partial charge in [0.15, 0.2) is 5.69 Å². The number of esters is 1. The van der Waals surface area contributed by atoms with Crippen molar-refractivity contribution in [1.29, 1.82) is 0 Å². The Bertz CT molecular complexity index is 990. The fraction of sp³-hybridized carbons (Fsp3) is 0.500. The van der Waals surface area contributed by atoms with Gasteiger partial charge in [0, 0.05) is 31.1 Å². The molecule has 30 heavy (non-hydrogen) atoms. The third kappa shape index (κ3) is 3.84. The molecule has 2 aliphatic rings. The number of morpholine rings is 1. The van der Waals surface area contributed by atoms with E-state index in [0.29, 0.717) is 36.9 Å². The number of thiophene rings is 1. The van der Waals surface area contributed by atoms with Gasteiger partial charge in [-0.1, -0.05) is 0 Å². The number of ether oxygens (including phenoxy) is 2. The number of rotatable bonds is 4. The highest BCUT2D eigenvalue weighted by atomic mass is 32.1. The molecule has 0 spiro atoms. The molecule has 1 fully saturated rings. The number of aryl methyl sites for hydroxylation is 2. The van der Waals surface area contributed by atoms with Gasteiger partial charge in [-0.05, 0) is 31.2 Å². The quantitative estimate of drug-likeness (QED) is 0.740. The van der Waals surface area contributed by atoms with Crippen LogP contribution in [0, 0.1) is 0 Å². The zero-order chi connectivity index (χ0) is 21.3. The molecule has 2 aromatic rings. The fourth-order valence-corrected chi connectivity index (χ4v) is 5.12. The largest absolute Gasteiger partial charge is 0.465 e. The van der Waals surface area contributed by atoms with Gasteiger partial charge in [-0.15, -0.1) is 11.3 Å². The summed E-state index contributed by atoms with van der Waals surface area (Å²) in [6.45, 7) is 1.98. The summed E-state index contributed by atoms with van der Waals surface area (Å²) in [6.07, 6.45) is 3.77. The SMILES string of the molecule is COC(=O)c1c(NC(=O)c2cc(C(=O)N3CCOCC3)nn2C)sc2c1CCCC2. The highest BCUT2D eigenvalue weighted by molar-refractivity contribution is 7.17. The van der Waals surface area contributed by atoms with Crippen LogP contribution in [0.25, 0.3) is 0 Å². The highest BCUT2D eigenvalue weighted by Crippen LogP contribution is 2.38. The van der Waals surface area contributed by atoms with E-state index in [0.717, 1.165) is 36.1 Å². The highest BCUT2D eigenvalue weighted by Gasteiger charge is 2.28. The molecule has 1 aliphatic heterocycles. The topological polar surface area (TPSA) is 103 Å². The lowest BCUT2D eigenvalue weighted by Gasteiger charge is -2.25. The zero-order valence-electron chi connectivity index (χ0n) is 17.0. The first kappa shape index (κ1) is 20.5. The van der Waals surface area contributed by atoms with E-state index in [9.17, 15) is 14.4 Å². The van der Waals surface area contributed by atoms with Crippen molar-refractivity contribution in [2.24, 2.45) is 7.05 Å². The molecule has 1 N–H and O–H groups in total. The number of carbonyl (C=O) groups is 3. The van der Waals surface area contributed by atoms with Crippen molar-refractivity contribution in [1.82, 2.24) is 14.7 Å². The van der Waals surface area contributed by atoms with Crippen molar-refractivity contribution >= 4 is 34.1 Å². The van der Waals surface area contributed by atoms with E-state index in [1.807, 2.05) is 0 Å². The molecular weight excluding hydrogens is 408 g/mol. The van der Waals surface area contributed by atoms with Crippen molar-refractivity contribution in [3.63, 3.8) is 0 Å².